The maximum Gasteiger partial charge on any atom is 0.244 e. The van der Waals surface area contributed by atoms with Crippen LogP contribution in [0.2, 0.25) is 0 Å². The van der Waals surface area contributed by atoms with Gasteiger partial charge in [-0.25, -0.2) is 8.42 Å². The van der Waals surface area contributed by atoms with Crippen LogP contribution in [0, 0.1) is 6.92 Å². The first kappa shape index (κ1) is 19.1. The summed E-state index contributed by atoms with van der Waals surface area (Å²) >= 11 is 6.72. The molecule has 21 heavy (non-hydrogen) atoms. The number of sulfonamides is 1. The molecule has 0 spiro atoms. The SMILES string of the molecule is CCC(CC)N(CCO)S(=O)(=O)c1cc(Br)c(C)cc1Br. The summed E-state index contributed by atoms with van der Waals surface area (Å²) in [6.07, 6.45) is 1.42. The number of nitrogens with zero attached hydrogens (tertiary/aromatic N) is 1. The summed E-state index contributed by atoms with van der Waals surface area (Å²) in [6, 6.07) is 3.27. The number of benzene rings is 1. The van der Waals surface area contributed by atoms with Crippen LogP contribution in [0.3, 0.4) is 0 Å². The first-order valence-electron chi connectivity index (χ1n) is 6.87. The highest BCUT2D eigenvalue weighted by Gasteiger charge is 2.31. The van der Waals surface area contributed by atoms with Gasteiger partial charge in [-0.1, -0.05) is 29.8 Å². The van der Waals surface area contributed by atoms with E-state index in [1.54, 1.807) is 12.1 Å². The number of halogens is 2. The normalized spacial score (nSPS) is 12.4. The third-order valence-corrected chi connectivity index (χ3v) is 7.23. The molecule has 1 rings (SSSR count). The lowest BCUT2D eigenvalue weighted by Crippen LogP contribution is -2.41. The third-order valence-electron chi connectivity index (χ3n) is 3.47. The maximum absolute atomic E-state index is 12.9. The highest BCUT2D eigenvalue weighted by molar-refractivity contribution is 9.11. The Balaban J connectivity index is 3.38. The molecule has 0 saturated carbocycles. The molecule has 0 amide bonds. The average molecular weight is 443 g/mol. The Bertz CT molecular complexity index is 586. The molecule has 0 aromatic heterocycles. The van der Waals surface area contributed by atoms with Crippen LogP contribution < -0.4 is 0 Å². The topological polar surface area (TPSA) is 57.6 Å². The van der Waals surface area contributed by atoms with Crippen LogP contribution in [0.1, 0.15) is 32.3 Å². The lowest BCUT2D eigenvalue weighted by molar-refractivity contribution is 0.219. The van der Waals surface area contributed by atoms with Crippen molar-refractivity contribution in [2.45, 2.75) is 44.6 Å². The second-order valence-electron chi connectivity index (χ2n) is 4.84. The van der Waals surface area contributed by atoms with Crippen LogP contribution in [0.25, 0.3) is 0 Å². The van der Waals surface area contributed by atoms with E-state index in [0.717, 1.165) is 10.0 Å². The number of rotatable bonds is 7. The lowest BCUT2D eigenvalue weighted by atomic mass is 10.2. The molecular formula is C14H21Br2NO3S. The molecule has 0 fully saturated rings. The van der Waals surface area contributed by atoms with Crippen LogP contribution >= 0.6 is 31.9 Å². The van der Waals surface area contributed by atoms with E-state index < -0.39 is 10.0 Å². The van der Waals surface area contributed by atoms with Gasteiger partial charge in [0.25, 0.3) is 0 Å². The molecule has 0 aliphatic heterocycles. The van der Waals surface area contributed by atoms with Gasteiger partial charge in [0.1, 0.15) is 0 Å². The average Bonchev–Trinajstić information content (AvgIpc) is 2.43. The van der Waals surface area contributed by atoms with Crippen molar-refractivity contribution in [3.05, 3.63) is 26.6 Å². The summed E-state index contributed by atoms with van der Waals surface area (Å²) in [4.78, 5) is 0.223. The summed E-state index contributed by atoms with van der Waals surface area (Å²) in [5, 5.41) is 9.23. The summed E-state index contributed by atoms with van der Waals surface area (Å²) in [7, 11) is -3.66. The molecule has 0 radical (unpaired) electrons. The van der Waals surface area contributed by atoms with Gasteiger partial charge < -0.3 is 5.11 Å². The standard InChI is InChI=1S/C14H21Br2NO3S/c1-4-11(5-2)17(6-7-18)21(19,20)14-9-12(15)10(3)8-13(14)16/h8-9,11,18H,4-7H2,1-3H3. The van der Waals surface area contributed by atoms with Gasteiger partial charge in [-0.05, 0) is 53.4 Å². The fourth-order valence-corrected chi connectivity index (χ4v) is 5.65. The Morgan fingerprint density at radius 3 is 2.24 bits per heavy atom. The molecule has 120 valence electrons. The summed E-state index contributed by atoms with van der Waals surface area (Å²) in [6.45, 7) is 5.72. The summed E-state index contributed by atoms with van der Waals surface area (Å²) in [5.74, 6) is 0. The first-order chi connectivity index (χ1) is 9.79. The van der Waals surface area contributed by atoms with Gasteiger partial charge in [0.2, 0.25) is 10.0 Å². The van der Waals surface area contributed by atoms with Crippen LogP contribution in [0.15, 0.2) is 26.0 Å². The van der Waals surface area contributed by atoms with Crippen molar-refractivity contribution < 1.29 is 13.5 Å². The predicted octanol–water partition coefficient (Wildman–Crippen LogP) is 3.69. The Labute approximate surface area is 143 Å². The van der Waals surface area contributed by atoms with Gasteiger partial charge in [0.15, 0.2) is 0 Å². The quantitative estimate of drug-likeness (QED) is 0.700. The van der Waals surface area contributed by atoms with Crippen molar-refractivity contribution in [1.82, 2.24) is 4.31 Å². The van der Waals surface area contributed by atoms with E-state index in [4.69, 9.17) is 0 Å². The molecule has 0 bridgehead atoms. The smallest absolute Gasteiger partial charge is 0.244 e. The van der Waals surface area contributed by atoms with E-state index in [9.17, 15) is 13.5 Å². The zero-order valence-corrected chi connectivity index (χ0v) is 16.4. The van der Waals surface area contributed by atoms with Crippen molar-refractivity contribution in [3.8, 4) is 0 Å². The minimum absolute atomic E-state index is 0.104. The minimum atomic E-state index is -3.66. The lowest BCUT2D eigenvalue weighted by Gasteiger charge is -2.29. The highest BCUT2D eigenvalue weighted by atomic mass is 79.9. The zero-order valence-electron chi connectivity index (χ0n) is 12.4. The molecule has 1 aromatic carbocycles. The summed E-state index contributed by atoms with van der Waals surface area (Å²) < 4.78 is 28.5. The van der Waals surface area contributed by atoms with Gasteiger partial charge in [-0.3, -0.25) is 0 Å². The van der Waals surface area contributed by atoms with E-state index >= 15 is 0 Å². The predicted molar refractivity (Wildman–Crippen MR) is 91.9 cm³/mol. The summed E-state index contributed by atoms with van der Waals surface area (Å²) in [5.41, 5.74) is 0.956. The van der Waals surface area contributed by atoms with E-state index in [1.807, 2.05) is 20.8 Å². The molecule has 0 unspecified atom stereocenters. The molecule has 4 nitrogen and oxygen atoms in total. The van der Waals surface area contributed by atoms with E-state index in [0.29, 0.717) is 17.3 Å². The highest BCUT2D eigenvalue weighted by Crippen LogP contribution is 2.32. The molecule has 0 aliphatic rings. The number of aliphatic hydroxyl groups excluding tert-OH is 1. The Morgan fingerprint density at radius 1 is 1.19 bits per heavy atom. The van der Waals surface area contributed by atoms with Crippen LogP contribution in [-0.4, -0.2) is 37.0 Å². The van der Waals surface area contributed by atoms with Gasteiger partial charge >= 0.3 is 0 Å². The minimum Gasteiger partial charge on any atom is -0.395 e. The number of aryl methyl sites for hydroxylation is 1. The van der Waals surface area contributed by atoms with Crippen LogP contribution in [0.5, 0.6) is 0 Å². The van der Waals surface area contributed by atoms with Crippen molar-refractivity contribution >= 4 is 41.9 Å². The van der Waals surface area contributed by atoms with E-state index in [1.165, 1.54) is 4.31 Å². The van der Waals surface area contributed by atoms with Crippen molar-refractivity contribution in [1.29, 1.82) is 0 Å². The second kappa shape index (κ2) is 8.06. The van der Waals surface area contributed by atoms with Crippen molar-refractivity contribution in [2.24, 2.45) is 0 Å². The molecule has 7 heteroatoms. The fraction of sp³-hybridized carbons (Fsp3) is 0.571. The number of hydrogen-bond acceptors (Lipinski definition) is 3. The van der Waals surface area contributed by atoms with Crippen LogP contribution in [0.4, 0.5) is 0 Å². The van der Waals surface area contributed by atoms with E-state index in [-0.39, 0.29) is 24.1 Å². The van der Waals surface area contributed by atoms with Crippen molar-refractivity contribution in [3.63, 3.8) is 0 Å². The molecule has 1 aromatic rings. The van der Waals surface area contributed by atoms with Crippen molar-refractivity contribution in [2.75, 3.05) is 13.2 Å². The molecule has 1 N–H and O–H groups in total. The van der Waals surface area contributed by atoms with Gasteiger partial charge in [-0.15, -0.1) is 0 Å². The van der Waals surface area contributed by atoms with Gasteiger partial charge in [-0.2, -0.15) is 4.31 Å². The monoisotopic (exact) mass is 441 g/mol. The van der Waals surface area contributed by atoms with E-state index in [2.05, 4.69) is 31.9 Å². The molecule has 0 saturated heterocycles. The second-order valence-corrected chi connectivity index (χ2v) is 8.41. The third kappa shape index (κ3) is 4.28. The first-order valence-corrected chi connectivity index (χ1v) is 9.90. The largest absolute Gasteiger partial charge is 0.395 e. The fourth-order valence-electron chi connectivity index (χ4n) is 2.25. The maximum atomic E-state index is 12.9. The number of hydrogen-bond donors (Lipinski definition) is 1. The van der Waals surface area contributed by atoms with Gasteiger partial charge in [0.05, 0.1) is 11.5 Å². The zero-order chi connectivity index (χ0) is 16.2. The van der Waals surface area contributed by atoms with Crippen LogP contribution in [-0.2, 0) is 10.0 Å². The molecular weight excluding hydrogens is 422 g/mol. The molecule has 0 atom stereocenters. The Hall–Kier alpha value is 0.0500. The van der Waals surface area contributed by atoms with Gasteiger partial charge in [0, 0.05) is 21.5 Å². The molecule has 0 heterocycles. The number of aliphatic hydroxyl groups is 1. The Kier molecular flexibility index (Phi) is 7.33. The molecule has 0 aliphatic carbocycles. The Morgan fingerprint density at radius 2 is 1.76 bits per heavy atom.